The van der Waals surface area contributed by atoms with Crippen LogP contribution in [-0.2, 0) is 14.9 Å². The van der Waals surface area contributed by atoms with E-state index in [0.717, 1.165) is 18.2 Å². The van der Waals surface area contributed by atoms with Gasteiger partial charge in [0.2, 0.25) is 0 Å². The molecular formula is C11H12F2O7S. The van der Waals surface area contributed by atoms with Gasteiger partial charge in [-0.25, -0.2) is 4.79 Å². The Kier molecular flexibility index (Phi) is 4.74. The first-order valence-corrected chi connectivity index (χ1v) is 6.87. The quantitative estimate of drug-likeness (QED) is 0.622. The van der Waals surface area contributed by atoms with E-state index in [4.69, 9.17) is 9.29 Å². The molecule has 0 spiro atoms. The van der Waals surface area contributed by atoms with Crippen molar-refractivity contribution in [1.82, 2.24) is 0 Å². The fourth-order valence-electron chi connectivity index (χ4n) is 1.31. The molecule has 0 aliphatic carbocycles. The molecule has 118 valence electrons. The Morgan fingerprint density at radius 2 is 1.95 bits per heavy atom. The third kappa shape index (κ3) is 3.58. The van der Waals surface area contributed by atoms with Crippen LogP contribution in [0.25, 0.3) is 0 Å². The maximum atomic E-state index is 13.2. The minimum Gasteiger partial charge on any atom is -0.504 e. The summed E-state index contributed by atoms with van der Waals surface area (Å²) in [6.07, 6.45) is -2.42. The van der Waals surface area contributed by atoms with E-state index in [1.165, 1.54) is 7.11 Å². The molecule has 1 aromatic carbocycles. The van der Waals surface area contributed by atoms with Gasteiger partial charge in [-0.2, -0.15) is 17.2 Å². The molecule has 7 nitrogen and oxygen atoms in total. The average molecular weight is 326 g/mol. The first kappa shape index (κ1) is 17.1. The molecule has 1 unspecified atom stereocenters. The van der Waals surface area contributed by atoms with E-state index in [-0.39, 0.29) is 17.1 Å². The van der Waals surface area contributed by atoms with Gasteiger partial charge in [-0.1, -0.05) is 0 Å². The van der Waals surface area contributed by atoms with Crippen LogP contribution < -0.4 is 4.74 Å². The van der Waals surface area contributed by atoms with Gasteiger partial charge in [-0.05, 0) is 25.1 Å². The van der Waals surface area contributed by atoms with Crippen LogP contribution in [0.1, 0.15) is 17.3 Å². The molecule has 0 aromatic heterocycles. The predicted octanol–water partition coefficient (Wildman–Crippen LogP) is 1.43. The number of hydrogen-bond donors (Lipinski definition) is 2. The molecule has 10 heteroatoms. The number of aromatic hydroxyl groups is 1. The van der Waals surface area contributed by atoms with Crippen LogP contribution in [0.2, 0.25) is 0 Å². The number of ether oxygens (including phenoxy) is 2. The van der Waals surface area contributed by atoms with E-state index in [9.17, 15) is 27.1 Å². The normalized spacial score (nSPS) is 13.6. The molecule has 0 saturated heterocycles. The zero-order chi connectivity index (χ0) is 16.4. The van der Waals surface area contributed by atoms with Gasteiger partial charge in [0.15, 0.2) is 17.6 Å². The molecule has 0 radical (unpaired) electrons. The third-order valence-corrected chi connectivity index (χ3v) is 3.54. The number of hydrogen-bond acceptors (Lipinski definition) is 6. The number of methoxy groups -OCH3 is 1. The molecule has 0 aliphatic heterocycles. The Morgan fingerprint density at radius 3 is 2.43 bits per heavy atom. The number of phenolic OH excluding ortho intramolecular Hbond substituents is 1. The highest BCUT2D eigenvalue weighted by Gasteiger charge is 2.52. The summed E-state index contributed by atoms with van der Waals surface area (Å²) >= 11 is 0. The van der Waals surface area contributed by atoms with E-state index in [1.807, 2.05) is 0 Å². The number of esters is 1. The van der Waals surface area contributed by atoms with Crippen LogP contribution >= 0.6 is 0 Å². The minimum absolute atomic E-state index is 0.0985. The van der Waals surface area contributed by atoms with Crippen molar-refractivity contribution in [2.45, 2.75) is 18.3 Å². The molecule has 0 bridgehead atoms. The number of rotatable bonds is 5. The molecule has 0 saturated carbocycles. The number of benzene rings is 1. The van der Waals surface area contributed by atoms with Crippen LogP contribution in [0.5, 0.6) is 11.5 Å². The van der Waals surface area contributed by atoms with Gasteiger partial charge in [0.1, 0.15) is 0 Å². The van der Waals surface area contributed by atoms with Gasteiger partial charge in [0.05, 0.1) is 12.7 Å². The molecule has 1 rings (SSSR count). The standard InChI is InChI=1S/C11H12F2O7S/c1-6(11(12,13)21(16,17)18)20-10(15)7-3-4-8(14)9(5-7)19-2/h3-6,14H,1-2H3,(H,16,17,18). The van der Waals surface area contributed by atoms with Gasteiger partial charge in [-0.3, -0.25) is 4.55 Å². The lowest BCUT2D eigenvalue weighted by Gasteiger charge is -2.20. The number of alkyl halides is 2. The van der Waals surface area contributed by atoms with E-state index in [1.54, 1.807) is 0 Å². The summed E-state index contributed by atoms with van der Waals surface area (Å²) in [7, 11) is -4.52. The molecule has 2 N–H and O–H groups in total. The van der Waals surface area contributed by atoms with Crippen molar-refractivity contribution >= 4 is 16.1 Å². The SMILES string of the molecule is COc1cc(C(=O)OC(C)C(F)(F)S(=O)(=O)O)ccc1O. The van der Waals surface area contributed by atoms with Crippen LogP contribution in [0.15, 0.2) is 18.2 Å². The Balaban J connectivity index is 2.97. The smallest absolute Gasteiger partial charge is 0.405 e. The second-order valence-corrected chi connectivity index (χ2v) is 5.47. The van der Waals surface area contributed by atoms with Crippen molar-refractivity contribution in [1.29, 1.82) is 0 Å². The molecule has 1 aromatic rings. The first-order valence-electron chi connectivity index (χ1n) is 5.43. The molecule has 0 heterocycles. The molecule has 0 amide bonds. The van der Waals surface area contributed by atoms with Gasteiger partial charge in [-0.15, -0.1) is 0 Å². The zero-order valence-electron chi connectivity index (χ0n) is 10.9. The highest BCUT2D eigenvalue weighted by molar-refractivity contribution is 7.86. The lowest BCUT2D eigenvalue weighted by molar-refractivity contribution is -0.0550. The molecule has 21 heavy (non-hydrogen) atoms. The van der Waals surface area contributed by atoms with Gasteiger partial charge in [0, 0.05) is 0 Å². The molecule has 0 fully saturated rings. The molecular weight excluding hydrogens is 314 g/mol. The third-order valence-electron chi connectivity index (χ3n) is 2.52. The second kappa shape index (κ2) is 5.82. The van der Waals surface area contributed by atoms with Crippen molar-refractivity contribution in [3.05, 3.63) is 23.8 Å². The van der Waals surface area contributed by atoms with Crippen molar-refractivity contribution in [2.75, 3.05) is 7.11 Å². The summed E-state index contributed by atoms with van der Waals surface area (Å²) in [4.78, 5) is 11.6. The maximum absolute atomic E-state index is 13.2. The van der Waals surface area contributed by atoms with Crippen molar-refractivity contribution < 1.29 is 41.1 Å². The Hall–Kier alpha value is -1.94. The summed E-state index contributed by atoms with van der Waals surface area (Å²) in [5.74, 6) is -1.66. The number of carbonyl (C=O) groups is 1. The highest BCUT2D eigenvalue weighted by atomic mass is 32.2. The fourth-order valence-corrected chi connectivity index (χ4v) is 1.78. The molecule has 0 aliphatic rings. The monoisotopic (exact) mass is 326 g/mol. The van der Waals surface area contributed by atoms with E-state index >= 15 is 0 Å². The number of phenols is 1. The Bertz CT molecular complexity index is 642. The number of halogens is 2. The van der Waals surface area contributed by atoms with E-state index in [0.29, 0.717) is 6.92 Å². The van der Waals surface area contributed by atoms with Crippen LogP contribution in [0.4, 0.5) is 8.78 Å². The highest BCUT2D eigenvalue weighted by Crippen LogP contribution is 2.29. The van der Waals surface area contributed by atoms with E-state index in [2.05, 4.69) is 4.74 Å². The lowest BCUT2D eigenvalue weighted by Crippen LogP contribution is -2.42. The topological polar surface area (TPSA) is 110 Å². The summed E-state index contributed by atoms with van der Waals surface area (Å²) in [5, 5.41) is 4.68. The number of carbonyl (C=O) groups excluding carboxylic acids is 1. The largest absolute Gasteiger partial charge is 0.504 e. The van der Waals surface area contributed by atoms with Crippen molar-refractivity contribution in [3.8, 4) is 11.5 Å². The van der Waals surface area contributed by atoms with Crippen LogP contribution in [-0.4, -0.2) is 42.5 Å². The van der Waals surface area contributed by atoms with E-state index < -0.39 is 27.4 Å². The van der Waals surface area contributed by atoms with Gasteiger partial charge < -0.3 is 14.6 Å². The fraction of sp³-hybridized carbons (Fsp3) is 0.364. The summed E-state index contributed by atoms with van der Waals surface area (Å²) in [6.45, 7) is 0.614. The Labute approximate surface area is 118 Å². The van der Waals surface area contributed by atoms with Gasteiger partial charge >= 0.3 is 21.3 Å². The lowest BCUT2D eigenvalue weighted by atomic mass is 10.2. The Morgan fingerprint density at radius 1 is 1.38 bits per heavy atom. The zero-order valence-corrected chi connectivity index (χ0v) is 11.7. The maximum Gasteiger partial charge on any atom is 0.405 e. The first-order chi connectivity index (χ1) is 9.50. The van der Waals surface area contributed by atoms with Crippen LogP contribution in [0.3, 0.4) is 0 Å². The van der Waals surface area contributed by atoms with Crippen molar-refractivity contribution in [2.24, 2.45) is 0 Å². The minimum atomic E-state index is -5.72. The predicted molar refractivity (Wildman–Crippen MR) is 66.0 cm³/mol. The summed E-state index contributed by atoms with van der Waals surface area (Å²) < 4.78 is 64.9. The van der Waals surface area contributed by atoms with Crippen molar-refractivity contribution in [3.63, 3.8) is 0 Å². The summed E-state index contributed by atoms with van der Waals surface area (Å²) in [6, 6.07) is 3.16. The van der Waals surface area contributed by atoms with Gasteiger partial charge in [0.25, 0.3) is 0 Å². The average Bonchev–Trinajstić information content (AvgIpc) is 2.37. The second-order valence-electron chi connectivity index (χ2n) is 3.97. The van der Waals surface area contributed by atoms with Crippen LogP contribution in [0, 0.1) is 0 Å². The molecule has 1 atom stereocenters. The summed E-state index contributed by atoms with van der Waals surface area (Å²) in [5.41, 5.74) is -0.248.